The summed E-state index contributed by atoms with van der Waals surface area (Å²) in [6.45, 7) is 3.93. The second-order valence-corrected chi connectivity index (χ2v) is 8.23. The standard InChI is InChI=1S/C20H21N5O3S2/c1-3-28-17-10-5-4-9-16(17)23-19-24-25-20(30-19)29-12-18(27)22-15-8-6-7-14(11-15)21-13(2)26/h4-11H,3,12H2,1-2H3,(H,21,26)(H,22,27)(H,23,24). The van der Waals surface area contributed by atoms with Gasteiger partial charge in [-0.2, -0.15) is 0 Å². The van der Waals surface area contributed by atoms with E-state index < -0.39 is 0 Å². The maximum atomic E-state index is 12.2. The molecule has 1 aromatic heterocycles. The lowest BCUT2D eigenvalue weighted by Crippen LogP contribution is -2.14. The molecule has 2 aromatic carbocycles. The second-order valence-electron chi connectivity index (χ2n) is 6.03. The van der Waals surface area contributed by atoms with E-state index in [0.717, 1.165) is 11.4 Å². The van der Waals surface area contributed by atoms with Crippen molar-refractivity contribution in [2.45, 2.75) is 18.2 Å². The van der Waals surface area contributed by atoms with Gasteiger partial charge in [-0.3, -0.25) is 9.59 Å². The fraction of sp³-hybridized carbons (Fsp3) is 0.200. The third-order valence-corrected chi connectivity index (χ3v) is 5.60. The van der Waals surface area contributed by atoms with Crippen molar-refractivity contribution in [3.05, 3.63) is 48.5 Å². The molecule has 0 radical (unpaired) electrons. The third-order valence-electron chi connectivity index (χ3n) is 3.63. The summed E-state index contributed by atoms with van der Waals surface area (Å²) in [6.07, 6.45) is 0. The van der Waals surface area contributed by atoms with Crippen LogP contribution < -0.4 is 20.7 Å². The molecule has 0 atom stereocenters. The number of rotatable bonds is 9. The molecule has 0 saturated carbocycles. The molecule has 8 nitrogen and oxygen atoms in total. The van der Waals surface area contributed by atoms with Crippen LogP contribution in [0.3, 0.4) is 0 Å². The van der Waals surface area contributed by atoms with Gasteiger partial charge in [0.15, 0.2) is 4.34 Å². The fourth-order valence-electron chi connectivity index (χ4n) is 2.49. The highest BCUT2D eigenvalue weighted by molar-refractivity contribution is 8.01. The topological polar surface area (TPSA) is 105 Å². The average Bonchev–Trinajstić information content (AvgIpc) is 3.15. The number of anilines is 4. The Morgan fingerprint density at radius 3 is 2.60 bits per heavy atom. The molecule has 0 spiro atoms. The normalized spacial score (nSPS) is 10.3. The summed E-state index contributed by atoms with van der Waals surface area (Å²) in [4.78, 5) is 23.4. The first-order valence-corrected chi connectivity index (χ1v) is 11.0. The highest BCUT2D eigenvalue weighted by atomic mass is 32.2. The third kappa shape index (κ3) is 6.46. The maximum Gasteiger partial charge on any atom is 0.234 e. The van der Waals surface area contributed by atoms with Crippen LogP contribution in [0.1, 0.15) is 13.8 Å². The first-order chi connectivity index (χ1) is 14.5. The van der Waals surface area contributed by atoms with Crippen molar-refractivity contribution in [2.75, 3.05) is 28.3 Å². The van der Waals surface area contributed by atoms with Crippen molar-refractivity contribution in [3.8, 4) is 5.75 Å². The number of carbonyl (C=O) groups is 2. The van der Waals surface area contributed by atoms with E-state index in [2.05, 4.69) is 26.1 Å². The molecule has 0 aliphatic carbocycles. The summed E-state index contributed by atoms with van der Waals surface area (Å²) < 4.78 is 6.27. The summed E-state index contributed by atoms with van der Waals surface area (Å²) in [5, 5.41) is 17.5. The Balaban J connectivity index is 1.53. The molecule has 2 amide bonds. The summed E-state index contributed by atoms with van der Waals surface area (Å²) in [6, 6.07) is 14.6. The first kappa shape index (κ1) is 21.6. The van der Waals surface area contributed by atoms with Crippen molar-refractivity contribution in [1.29, 1.82) is 0 Å². The fourth-order valence-corrected chi connectivity index (χ4v) is 4.05. The molecular formula is C20H21N5O3S2. The van der Waals surface area contributed by atoms with Gasteiger partial charge in [0, 0.05) is 18.3 Å². The highest BCUT2D eigenvalue weighted by Crippen LogP contribution is 2.31. The van der Waals surface area contributed by atoms with Crippen molar-refractivity contribution >= 4 is 57.1 Å². The quantitative estimate of drug-likeness (QED) is 0.422. The minimum Gasteiger partial charge on any atom is -0.492 e. The molecule has 0 fully saturated rings. The molecule has 0 aliphatic rings. The van der Waals surface area contributed by atoms with Gasteiger partial charge in [-0.05, 0) is 37.3 Å². The van der Waals surface area contributed by atoms with Crippen LogP contribution in [0.25, 0.3) is 0 Å². The number of thioether (sulfide) groups is 1. The Labute approximate surface area is 182 Å². The second kappa shape index (κ2) is 10.6. The number of amides is 2. The minimum atomic E-state index is -0.175. The van der Waals surface area contributed by atoms with Crippen LogP contribution in [0.2, 0.25) is 0 Å². The van der Waals surface area contributed by atoms with E-state index in [9.17, 15) is 9.59 Å². The lowest BCUT2D eigenvalue weighted by molar-refractivity contribution is -0.114. The molecule has 0 aliphatic heterocycles. The number of nitrogens with zero attached hydrogens (tertiary/aromatic N) is 2. The smallest absolute Gasteiger partial charge is 0.234 e. The molecular weight excluding hydrogens is 422 g/mol. The molecule has 0 saturated heterocycles. The summed E-state index contributed by atoms with van der Waals surface area (Å²) in [5.41, 5.74) is 2.04. The molecule has 0 unspecified atom stereocenters. The monoisotopic (exact) mass is 443 g/mol. The lowest BCUT2D eigenvalue weighted by Gasteiger charge is -2.09. The van der Waals surface area contributed by atoms with E-state index in [-0.39, 0.29) is 17.6 Å². The maximum absolute atomic E-state index is 12.2. The van der Waals surface area contributed by atoms with Gasteiger partial charge in [-0.1, -0.05) is 41.3 Å². The molecule has 3 aromatic rings. The van der Waals surface area contributed by atoms with Crippen LogP contribution in [-0.4, -0.2) is 34.4 Å². The van der Waals surface area contributed by atoms with Gasteiger partial charge in [0.05, 0.1) is 18.0 Å². The molecule has 3 N–H and O–H groups in total. The van der Waals surface area contributed by atoms with Crippen molar-refractivity contribution in [2.24, 2.45) is 0 Å². The molecule has 3 rings (SSSR count). The summed E-state index contributed by atoms with van der Waals surface area (Å²) >= 11 is 2.66. The van der Waals surface area contributed by atoms with E-state index in [4.69, 9.17) is 4.74 Å². The van der Waals surface area contributed by atoms with E-state index in [1.165, 1.54) is 30.0 Å². The van der Waals surface area contributed by atoms with E-state index in [0.29, 0.717) is 27.5 Å². The first-order valence-electron chi connectivity index (χ1n) is 9.16. The molecule has 10 heteroatoms. The number of nitrogens with one attached hydrogen (secondary N) is 3. The molecule has 1 heterocycles. The zero-order valence-electron chi connectivity index (χ0n) is 16.5. The van der Waals surface area contributed by atoms with Crippen LogP contribution in [0, 0.1) is 0 Å². The number of benzene rings is 2. The Kier molecular flexibility index (Phi) is 7.63. The summed E-state index contributed by atoms with van der Waals surface area (Å²) in [5.74, 6) is 0.587. The predicted octanol–water partition coefficient (Wildman–Crippen LogP) is 4.37. The number of ether oxygens (including phenoxy) is 1. The van der Waals surface area contributed by atoms with Crippen LogP contribution in [0.15, 0.2) is 52.9 Å². The summed E-state index contributed by atoms with van der Waals surface area (Å²) in [7, 11) is 0. The van der Waals surface area contributed by atoms with E-state index >= 15 is 0 Å². The van der Waals surface area contributed by atoms with Crippen LogP contribution in [0.5, 0.6) is 5.75 Å². The number of carbonyl (C=O) groups excluding carboxylic acids is 2. The van der Waals surface area contributed by atoms with Crippen LogP contribution in [-0.2, 0) is 9.59 Å². The SMILES string of the molecule is CCOc1ccccc1Nc1nnc(SCC(=O)Nc2cccc(NC(C)=O)c2)s1. The van der Waals surface area contributed by atoms with E-state index in [1.54, 1.807) is 24.3 Å². The largest absolute Gasteiger partial charge is 0.492 e. The Hall–Kier alpha value is -3.11. The Morgan fingerprint density at radius 2 is 1.83 bits per heavy atom. The lowest BCUT2D eigenvalue weighted by atomic mass is 10.2. The van der Waals surface area contributed by atoms with Gasteiger partial charge >= 0.3 is 0 Å². The van der Waals surface area contributed by atoms with E-state index in [1.807, 2.05) is 31.2 Å². The average molecular weight is 444 g/mol. The van der Waals surface area contributed by atoms with Crippen LogP contribution >= 0.6 is 23.1 Å². The Morgan fingerprint density at radius 1 is 1.07 bits per heavy atom. The minimum absolute atomic E-state index is 0.168. The zero-order chi connectivity index (χ0) is 21.3. The van der Waals surface area contributed by atoms with Gasteiger partial charge < -0.3 is 20.7 Å². The number of hydrogen-bond donors (Lipinski definition) is 3. The highest BCUT2D eigenvalue weighted by Gasteiger charge is 2.11. The zero-order valence-corrected chi connectivity index (χ0v) is 18.1. The van der Waals surface area contributed by atoms with Gasteiger partial charge in [0.25, 0.3) is 0 Å². The van der Waals surface area contributed by atoms with Crippen molar-refractivity contribution in [1.82, 2.24) is 10.2 Å². The predicted molar refractivity (Wildman–Crippen MR) is 121 cm³/mol. The van der Waals surface area contributed by atoms with Crippen molar-refractivity contribution in [3.63, 3.8) is 0 Å². The molecule has 0 bridgehead atoms. The molecule has 30 heavy (non-hydrogen) atoms. The number of aromatic nitrogens is 2. The van der Waals surface area contributed by atoms with Gasteiger partial charge in [0.2, 0.25) is 16.9 Å². The van der Waals surface area contributed by atoms with Gasteiger partial charge in [-0.25, -0.2) is 0 Å². The van der Waals surface area contributed by atoms with Crippen LogP contribution in [0.4, 0.5) is 22.2 Å². The molecule has 156 valence electrons. The van der Waals surface area contributed by atoms with Gasteiger partial charge in [-0.15, -0.1) is 10.2 Å². The number of para-hydroxylation sites is 2. The number of hydrogen-bond acceptors (Lipinski definition) is 8. The van der Waals surface area contributed by atoms with Gasteiger partial charge in [0.1, 0.15) is 5.75 Å². The Bertz CT molecular complexity index is 1020. The van der Waals surface area contributed by atoms with Crippen molar-refractivity contribution < 1.29 is 14.3 Å².